The van der Waals surface area contributed by atoms with E-state index >= 15 is 0 Å². The number of thiophene rings is 1. The van der Waals surface area contributed by atoms with E-state index in [0.29, 0.717) is 11.6 Å². The molecule has 156 valence electrons. The number of hydrogen-bond donors (Lipinski definition) is 0. The molecule has 1 amide bonds. The molecule has 7 nitrogen and oxygen atoms in total. The highest BCUT2D eigenvalue weighted by molar-refractivity contribution is 8.17. The number of thioether (sulfide) groups is 2. The Kier molecular flexibility index (Phi) is 5.65. The molecule has 5 rings (SSSR count). The van der Waals surface area contributed by atoms with Crippen molar-refractivity contribution in [2.24, 2.45) is 15.9 Å². The van der Waals surface area contributed by atoms with Crippen molar-refractivity contribution in [2.75, 3.05) is 12.4 Å². The molecular weight excluding hydrogens is 438 g/mol. The fraction of sp³-hybridized carbons (Fsp3) is 0.450. The van der Waals surface area contributed by atoms with Gasteiger partial charge in [-0.05, 0) is 48.6 Å². The van der Waals surface area contributed by atoms with E-state index in [-0.39, 0.29) is 17.9 Å². The van der Waals surface area contributed by atoms with Crippen molar-refractivity contribution in [3.8, 4) is 10.7 Å². The van der Waals surface area contributed by atoms with Gasteiger partial charge in [0.05, 0.1) is 28.3 Å². The molecule has 0 spiro atoms. The summed E-state index contributed by atoms with van der Waals surface area (Å²) in [6, 6.07) is 4.07. The van der Waals surface area contributed by atoms with Gasteiger partial charge in [0, 0.05) is 6.61 Å². The van der Waals surface area contributed by atoms with E-state index in [1.165, 1.54) is 11.8 Å². The molecular formula is C20H21N5O2S3. The molecule has 0 saturated carbocycles. The van der Waals surface area contributed by atoms with Crippen molar-refractivity contribution in [2.45, 2.75) is 44.5 Å². The lowest BCUT2D eigenvalue weighted by Gasteiger charge is -2.16. The zero-order valence-electron chi connectivity index (χ0n) is 16.7. The fourth-order valence-corrected chi connectivity index (χ4v) is 6.40. The van der Waals surface area contributed by atoms with Gasteiger partial charge in [0.25, 0.3) is 5.91 Å². The lowest BCUT2D eigenvalue weighted by atomic mass is 10.0. The highest BCUT2D eigenvalue weighted by Gasteiger charge is 2.36. The van der Waals surface area contributed by atoms with E-state index in [2.05, 4.69) is 30.8 Å². The Morgan fingerprint density at radius 2 is 2.20 bits per heavy atom. The third-order valence-corrected chi connectivity index (χ3v) is 8.41. The molecule has 2 unspecified atom stereocenters. The molecule has 2 aromatic heterocycles. The van der Waals surface area contributed by atoms with Crippen LogP contribution in [0.4, 0.5) is 0 Å². The molecule has 2 atom stereocenters. The van der Waals surface area contributed by atoms with Crippen LogP contribution in [0.25, 0.3) is 10.7 Å². The Hall–Kier alpha value is -1.75. The van der Waals surface area contributed by atoms with Crippen molar-refractivity contribution in [3.05, 3.63) is 28.0 Å². The van der Waals surface area contributed by atoms with E-state index in [4.69, 9.17) is 4.74 Å². The first kappa shape index (κ1) is 20.2. The molecule has 1 saturated heterocycles. The average Bonchev–Trinajstić information content (AvgIpc) is 3.50. The second-order valence-corrected chi connectivity index (χ2v) is 10.5. The van der Waals surface area contributed by atoms with Crippen molar-refractivity contribution >= 4 is 51.6 Å². The maximum absolute atomic E-state index is 12.5. The Labute approximate surface area is 187 Å². The van der Waals surface area contributed by atoms with Gasteiger partial charge >= 0.3 is 0 Å². The van der Waals surface area contributed by atoms with E-state index < -0.39 is 0 Å². The van der Waals surface area contributed by atoms with Gasteiger partial charge in [-0.25, -0.2) is 4.99 Å². The Balaban J connectivity index is 1.36. The third kappa shape index (κ3) is 3.81. The first-order valence-electron chi connectivity index (χ1n) is 9.87. The summed E-state index contributed by atoms with van der Waals surface area (Å²) in [7, 11) is 0. The zero-order chi connectivity index (χ0) is 20.7. The third-order valence-electron chi connectivity index (χ3n) is 5.42. The van der Waals surface area contributed by atoms with Crippen LogP contribution in [0, 0.1) is 5.92 Å². The molecule has 0 radical (unpaired) electrons. The number of allylic oxidation sites excluding steroid dienone is 1. The van der Waals surface area contributed by atoms with Crippen LogP contribution in [0.15, 0.2) is 43.1 Å². The number of nitrogens with zero attached hydrogens (tertiary/aromatic N) is 5. The van der Waals surface area contributed by atoms with E-state index in [9.17, 15) is 4.79 Å². The van der Waals surface area contributed by atoms with Crippen LogP contribution < -0.4 is 0 Å². The predicted octanol–water partition coefficient (Wildman–Crippen LogP) is 4.27. The SMILES string of the molecule is CC1=C(C)C2C(=O)N=C(CSc3nnc(-c4cccs4)n3CC3CCCO3)N=C2S1. The van der Waals surface area contributed by atoms with Gasteiger partial charge in [0.2, 0.25) is 0 Å². The van der Waals surface area contributed by atoms with Crippen LogP contribution in [-0.4, -0.2) is 50.0 Å². The molecule has 30 heavy (non-hydrogen) atoms. The van der Waals surface area contributed by atoms with Gasteiger partial charge in [-0.1, -0.05) is 29.6 Å². The molecule has 0 aliphatic carbocycles. The van der Waals surface area contributed by atoms with Crippen LogP contribution in [0.5, 0.6) is 0 Å². The number of aliphatic imine (C=N–C) groups is 2. The van der Waals surface area contributed by atoms with Gasteiger partial charge in [0.1, 0.15) is 11.8 Å². The summed E-state index contributed by atoms with van der Waals surface area (Å²) in [4.78, 5) is 23.7. The summed E-state index contributed by atoms with van der Waals surface area (Å²) in [5.74, 6) is 1.50. The molecule has 0 aromatic carbocycles. The van der Waals surface area contributed by atoms with Gasteiger partial charge in [0.15, 0.2) is 11.0 Å². The molecule has 3 aliphatic rings. The number of ether oxygens (including phenoxy) is 1. The molecule has 0 bridgehead atoms. The minimum absolute atomic E-state index is 0.113. The molecule has 10 heteroatoms. The highest BCUT2D eigenvalue weighted by Crippen LogP contribution is 2.40. The summed E-state index contributed by atoms with van der Waals surface area (Å²) in [6.45, 7) is 5.55. The number of carbonyl (C=O) groups is 1. The van der Waals surface area contributed by atoms with Crippen molar-refractivity contribution < 1.29 is 9.53 Å². The average molecular weight is 460 g/mol. The van der Waals surface area contributed by atoms with Crippen LogP contribution in [0.1, 0.15) is 26.7 Å². The molecule has 0 N–H and O–H groups in total. The summed E-state index contributed by atoms with van der Waals surface area (Å²) < 4.78 is 7.98. The number of amides is 1. The van der Waals surface area contributed by atoms with E-state index in [0.717, 1.165) is 57.4 Å². The first-order valence-corrected chi connectivity index (χ1v) is 12.5. The van der Waals surface area contributed by atoms with Crippen LogP contribution >= 0.6 is 34.9 Å². The second kappa shape index (κ2) is 8.41. The summed E-state index contributed by atoms with van der Waals surface area (Å²) >= 11 is 4.75. The van der Waals surface area contributed by atoms with Crippen LogP contribution in [-0.2, 0) is 16.1 Å². The standard InChI is InChI=1S/C20H21N5O2S3/c1-11-12(2)30-19-16(11)18(26)21-15(22-19)10-29-20-24-23-17(14-6-4-8-28-14)25(20)9-13-5-3-7-27-13/h4,6,8,13,16H,3,5,7,9-10H2,1-2H3. The minimum atomic E-state index is -0.280. The lowest BCUT2D eigenvalue weighted by Crippen LogP contribution is -2.25. The molecule has 3 aliphatic heterocycles. The largest absolute Gasteiger partial charge is 0.376 e. The van der Waals surface area contributed by atoms with Crippen LogP contribution in [0.3, 0.4) is 0 Å². The van der Waals surface area contributed by atoms with E-state index in [1.54, 1.807) is 23.1 Å². The zero-order valence-corrected chi connectivity index (χ0v) is 19.1. The smallest absolute Gasteiger partial charge is 0.261 e. The summed E-state index contributed by atoms with van der Waals surface area (Å²) in [5.41, 5.74) is 1.07. The van der Waals surface area contributed by atoms with Gasteiger partial charge in [-0.2, -0.15) is 4.99 Å². The van der Waals surface area contributed by atoms with Gasteiger partial charge < -0.3 is 4.74 Å². The number of fused-ring (bicyclic) bond motifs is 1. The maximum atomic E-state index is 12.5. The van der Waals surface area contributed by atoms with E-state index in [1.807, 2.05) is 25.3 Å². The Bertz CT molecular complexity index is 1060. The quantitative estimate of drug-likeness (QED) is 0.600. The highest BCUT2D eigenvalue weighted by atomic mass is 32.2. The molecule has 5 heterocycles. The second-order valence-electron chi connectivity index (χ2n) is 7.41. The number of aromatic nitrogens is 3. The topological polar surface area (TPSA) is 81.7 Å². The number of carbonyl (C=O) groups excluding carboxylic acids is 1. The van der Waals surface area contributed by atoms with Crippen molar-refractivity contribution in [1.82, 2.24) is 14.8 Å². The van der Waals surface area contributed by atoms with Crippen molar-refractivity contribution in [1.29, 1.82) is 0 Å². The Morgan fingerprint density at radius 3 is 2.97 bits per heavy atom. The monoisotopic (exact) mass is 459 g/mol. The number of rotatable bonds is 6. The lowest BCUT2D eigenvalue weighted by molar-refractivity contribution is -0.118. The normalized spacial score (nSPS) is 23.7. The Morgan fingerprint density at radius 1 is 1.30 bits per heavy atom. The molecule has 1 fully saturated rings. The van der Waals surface area contributed by atoms with Crippen LogP contribution in [0.2, 0.25) is 0 Å². The summed E-state index contributed by atoms with van der Waals surface area (Å²) in [5, 5.41) is 12.6. The maximum Gasteiger partial charge on any atom is 0.261 e. The van der Waals surface area contributed by atoms with Crippen molar-refractivity contribution in [3.63, 3.8) is 0 Å². The number of hydrogen-bond acceptors (Lipinski definition) is 8. The molecule has 2 aromatic rings. The van der Waals surface area contributed by atoms with Gasteiger partial charge in [-0.15, -0.1) is 21.5 Å². The van der Waals surface area contributed by atoms with Gasteiger partial charge in [-0.3, -0.25) is 9.36 Å². The minimum Gasteiger partial charge on any atom is -0.376 e. The first-order chi connectivity index (χ1) is 14.6. The summed E-state index contributed by atoms with van der Waals surface area (Å²) in [6.07, 6.45) is 2.32. The number of amidine groups is 1. The predicted molar refractivity (Wildman–Crippen MR) is 122 cm³/mol. The fourth-order valence-electron chi connectivity index (χ4n) is 3.74.